The maximum atomic E-state index is 15.2. The van der Waals surface area contributed by atoms with Crippen LogP contribution in [0.15, 0.2) is 18.3 Å². The zero-order valence-electron chi connectivity index (χ0n) is 19.6. The van der Waals surface area contributed by atoms with Gasteiger partial charge in [0.1, 0.15) is 35.3 Å². The molecule has 12 heteroatoms. The van der Waals surface area contributed by atoms with E-state index in [4.69, 9.17) is 21.1 Å². The Hall–Kier alpha value is -2.41. The molecule has 2 saturated heterocycles. The minimum atomic E-state index is -1.28. The van der Waals surface area contributed by atoms with Gasteiger partial charge in [0.2, 0.25) is 5.95 Å². The quantitative estimate of drug-likeness (QED) is 0.410. The van der Waals surface area contributed by atoms with Gasteiger partial charge in [-0.25, -0.2) is 19.3 Å². The number of hydrogen-bond acceptors (Lipinski definition) is 9. The van der Waals surface area contributed by atoms with Crippen LogP contribution in [0.1, 0.15) is 39.6 Å². The van der Waals surface area contributed by atoms with E-state index in [1.165, 1.54) is 12.3 Å². The Kier molecular flexibility index (Phi) is 5.98. The van der Waals surface area contributed by atoms with Crippen molar-refractivity contribution in [1.29, 1.82) is 0 Å². The molecule has 4 heterocycles. The summed E-state index contributed by atoms with van der Waals surface area (Å²) in [5.74, 6) is -0.159. The van der Waals surface area contributed by atoms with Crippen LogP contribution in [-0.2, 0) is 15.1 Å². The van der Waals surface area contributed by atoms with Gasteiger partial charge in [0.15, 0.2) is 12.1 Å². The zero-order valence-corrected chi connectivity index (χ0v) is 20.4. The third-order valence-electron chi connectivity index (χ3n) is 6.25. The summed E-state index contributed by atoms with van der Waals surface area (Å²) in [5.41, 5.74) is -0.0338. The summed E-state index contributed by atoms with van der Waals surface area (Å²) < 4.78 is 27.8. The van der Waals surface area contributed by atoms with E-state index in [-0.39, 0.29) is 34.8 Å². The second kappa shape index (κ2) is 8.61. The molecule has 5 rings (SSSR count). The van der Waals surface area contributed by atoms with Crippen molar-refractivity contribution in [2.75, 3.05) is 11.9 Å². The molecule has 5 atom stereocenters. The number of imidazole rings is 1. The van der Waals surface area contributed by atoms with E-state index >= 15 is 4.39 Å². The van der Waals surface area contributed by atoms with Gasteiger partial charge in [-0.2, -0.15) is 0 Å². The van der Waals surface area contributed by atoms with Gasteiger partial charge in [-0.05, 0) is 39.8 Å². The van der Waals surface area contributed by atoms with Crippen molar-refractivity contribution in [2.45, 2.75) is 70.0 Å². The highest BCUT2D eigenvalue weighted by Gasteiger charge is 2.49. The molecule has 0 amide bonds. The smallest absolute Gasteiger partial charge is 0.223 e. The minimum Gasteiger partial charge on any atom is -0.388 e. The highest BCUT2D eigenvalue weighted by molar-refractivity contribution is 6.33. The lowest BCUT2D eigenvalue weighted by Gasteiger charge is -2.36. The molecule has 0 radical (unpaired) electrons. The Morgan fingerprint density at radius 1 is 1.23 bits per heavy atom. The molecule has 2 bridgehead atoms. The minimum absolute atomic E-state index is 0.0869. The van der Waals surface area contributed by atoms with Crippen LogP contribution in [0.5, 0.6) is 0 Å². The first-order chi connectivity index (χ1) is 16.5. The average Bonchev–Trinajstić information content (AvgIpc) is 3.40. The van der Waals surface area contributed by atoms with E-state index in [0.717, 1.165) is 0 Å². The van der Waals surface area contributed by atoms with E-state index < -0.39 is 42.1 Å². The van der Waals surface area contributed by atoms with Crippen LogP contribution in [0.25, 0.3) is 22.3 Å². The van der Waals surface area contributed by atoms with Crippen LogP contribution in [0.2, 0.25) is 5.02 Å². The predicted molar refractivity (Wildman–Crippen MR) is 125 cm³/mol. The molecular formula is C23H27ClFN5O5. The van der Waals surface area contributed by atoms with E-state index in [1.807, 2.05) is 13.8 Å². The largest absolute Gasteiger partial charge is 0.388 e. The first-order valence-electron chi connectivity index (χ1n) is 11.3. The van der Waals surface area contributed by atoms with Gasteiger partial charge in [-0.15, -0.1) is 0 Å². The molecule has 35 heavy (non-hydrogen) atoms. The Bertz CT molecular complexity index is 1260. The molecule has 188 valence electrons. The van der Waals surface area contributed by atoms with Crippen LogP contribution in [0, 0.1) is 5.82 Å². The molecule has 0 aliphatic carbocycles. The van der Waals surface area contributed by atoms with E-state index in [9.17, 15) is 15.3 Å². The van der Waals surface area contributed by atoms with E-state index in [2.05, 4.69) is 20.3 Å². The van der Waals surface area contributed by atoms with Crippen LogP contribution >= 0.6 is 11.6 Å². The fraction of sp³-hybridized carbons (Fsp3) is 0.522. The predicted octanol–water partition coefficient (Wildman–Crippen LogP) is 2.35. The highest BCUT2D eigenvalue weighted by Crippen LogP contribution is 2.35. The number of aromatic nitrogens is 4. The molecule has 3 aromatic rings. The fourth-order valence-corrected chi connectivity index (χ4v) is 4.80. The lowest BCUT2D eigenvalue weighted by atomic mass is 9.98. The van der Waals surface area contributed by atoms with Crippen molar-refractivity contribution in [3.63, 3.8) is 0 Å². The summed E-state index contributed by atoms with van der Waals surface area (Å²) in [5, 5.41) is 34.8. The number of halogens is 2. The number of fused-ring (bicyclic) bond motifs is 3. The van der Waals surface area contributed by atoms with Gasteiger partial charge in [0.05, 0.1) is 35.1 Å². The maximum Gasteiger partial charge on any atom is 0.223 e. The Morgan fingerprint density at radius 3 is 2.66 bits per heavy atom. The van der Waals surface area contributed by atoms with Gasteiger partial charge in [-0.1, -0.05) is 11.6 Å². The number of nitrogens with one attached hydrogen (secondary N) is 1. The number of hydrogen-bond donors (Lipinski definition) is 4. The number of benzene rings is 1. The Labute approximate surface area is 205 Å². The molecular weight excluding hydrogens is 481 g/mol. The second-order valence-corrected chi connectivity index (χ2v) is 10.1. The van der Waals surface area contributed by atoms with Crippen molar-refractivity contribution >= 4 is 28.6 Å². The molecule has 2 aromatic heterocycles. The molecule has 0 spiro atoms. The number of ether oxygens (including phenoxy) is 2. The summed E-state index contributed by atoms with van der Waals surface area (Å²) in [4.78, 5) is 13.0. The molecule has 0 saturated carbocycles. The first kappa shape index (κ1) is 24.3. The standard InChI is InChI=1S/C23H27ClFN5O5/c1-9(2)30-13-6-10(5-12(25)16(13)27-21(30)23(3,4)33)15-11(24)7-26-22(28-15)29-17-18(31)14-8-34-20(35-14)19(17)32/h5-7,9,14,17-20,31-33H,8H2,1-4H3,(H,26,28,29)/t14-,17-,18-,19+,20-/m1/s1. The van der Waals surface area contributed by atoms with Crippen molar-refractivity contribution in [2.24, 2.45) is 0 Å². The monoisotopic (exact) mass is 507 g/mol. The second-order valence-electron chi connectivity index (χ2n) is 9.70. The van der Waals surface area contributed by atoms with Crippen molar-refractivity contribution in [1.82, 2.24) is 19.5 Å². The molecule has 2 fully saturated rings. The van der Waals surface area contributed by atoms with Crippen molar-refractivity contribution in [3.05, 3.63) is 35.0 Å². The number of nitrogens with zero attached hydrogens (tertiary/aromatic N) is 4. The summed E-state index contributed by atoms with van der Waals surface area (Å²) in [6.07, 6.45) is -2.28. The SMILES string of the molecule is CC(C)n1c(C(C)(C)O)nc2c(F)cc(-c3nc(N[C@H]4[C@H](O)[C@@H]5OC[C@@H](O5)[C@H]4O)ncc3Cl)cc21. The summed E-state index contributed by atoms with van der Waals surface area (Å²) in [7, 11) is 0. The topological polar surface area (TPSA) is 135 Å². The zero-order chi connectivity index (χ0) is 25.2. The molecule has 4 N–H and O–H groups in total. The van der Waals surface area contributed by atoms with Crippen LogP contribution in [0.4, 0.5) is 10.3 Å². The van der Waals surface area contributed by atoms with Crippen molar-refractivity contribution in [3.8, 4) is 11.3 Å². The van der Waals surface area contributed by atoms with Gasteiger partial charge in [0.25, 0.3) is 0 Å². The third kappa shape index (κ3) is 4.15. The fourth-order valence-electron chi connectivity index (χ4n) is 4.60. The summed E-state index contributed by atoms with van der Waals surface area (Å²) in [6, 6.07) is 2.04. The first-order valence-corrected chi connectivity index (χ1v) is 11.7. The van der Waals surface area contributed by atoms with Crippen LogP contribution in [0.3, 0.4) is 0 Å². The van der Waals surface area contributed by atoms with Gasteiger partial charge < -0.3 is 34.7 Å². The third-order valence-corrected chi connectivity index (χ3v) is 6.53. The summed E-state index contributed by atoms with van der Waals surface area (Å²) in [6.45, 7) is 7.20. The number of rotatable bonds is 5. The Balaban J connectivity index is 1.56. The normalized spacial score (nSPS) is 26.6. The molecule has 10 nitrogen and oxygen atoms in total. The van der Waals surface area contributed by atoms with E-state index in [0.29, 0.717) is 16.9 Å². The summed E-state index contributed by atoms with van der Waals surface area (Å²) >= 11 is 6.39. The van der Waals surface area contributed by atoms with Gasteiger partial charge >= 0.3 is 0 Å². The molecule has 2 aliphatic rings. The van der Waals surface area contributed by atoms with Gasteiger partial charge in [0, 0.05) is 11.6 Å². The van der Waals surface area contributed by atoms with Crippen LogP contribution in [-0.4, -0.2) is 72.1 Å². The number of aliphatic hydroxyl groups excluding tert-OH is 2. The van der Waals surface area contributed by atoms with Crippen LogP contribution < -0.4 is 5.32 Å². The molecule has 1 aromatic carbocycles. The number of anilines is 1. The average molecular weight is 508 g/mol. The van der Waals surface area contributed by atoms with Crippen molar-refractivity contribution < 1.29 is 29.2 Å². The van der Waals surface area contributed by atoms with Gasteiger partial charge in [-0.3, -0.25) is 0 Å². The number of aliphatic hydroxyl groups is 3. The molecule has 2 aliphatic heterocycles. The highest BCUT2D eigenvalue weighted by atomic mass is 35.5. The lowest BCUT2D eigenvalue weighted by Crippen LogP contribution is -2.57. The molecule has 0 unspecified atom stereocenters. The lowest BCUT2D eigenvalue weighted by molar-refractivity contribution is -0.186. The van der Waals surface area contributed by atoms with E-state index in [1.54, 1.807) is 24.5 Å². The Morgan fingerprint density at radius 2 is 1.97 bits per heavy atom. The maximum absolute atomic E-state index is 15.2.